The van der Waals surface area contributed by atoms with E-state index in [0.717, 1.165) is 15.5 Å². The lowest BCUT2D eigenvalue weighted by molar-refractivity contribution is -0.645. The fraction of sp³-hybridized carbons (Fsp3) is 0.500. The smallest absolute Gasteiger partial charge is 0.251 e. The zero-order valence-electron chi connectivity index (χ0n) is 7.90. The van der Waals surface area contributed by atoms with E-state index in [1.165, 1.54) is 19.3 Å². The van der Waals surface area contributed by atoms with Gasteiger partial charge in [-0.1, -0.05) is 31.5 Å². The molecule has 3 heteroatoms. The number of pyridine rings is 1. The summed E-state index contributed by atoms with van der Waals surface area (Å²) in [5, 5.41) is 12.0. The van der Waals surface area contributed by atoms with E-state index in [1.54, 1.807) is 24.0 Å². The summed E-state index contributed by atoms with van der Waals surface area (Å²) in [6.07, 6.45) is 5.21. The van der Waals surface area contributed by atoms with Crippen LogP contribution in [0.1, 0.15) is 26.2 Å². The topological polar surface area (TPSA) is 26.9 Å². The Morgan fingerprint density at radius 1 is 1.38 bits per heavy atom. The summed E-state index contributed by atoms with van der Waals surface area (Å²) in [5.41, 5.74) is 0. The lowest BCUT2D eigenvalue weighted by Crippen LogP contribution is -2.27. The van der Waals surface area contributed by atoms with Gasteiger partial charge in [0, 0.05) is 17.9 Å². The number of rotatable bonds is 5. The van der Waals surface area contributed by atoms with E-state index in [4.69, 9.17) is 0 Å². The fourth-order valence-corrected chi connectivity index (χ4v) is 1.97. The highest BCUT2D eigenvalue weighted by Crippen LogP contribution is 2.14. The maximum Gasteiger partial charge on any atom is 0.251 e. The quantitative estimate of drug-likeness (QED) is 0.314. The molecule has 2 nitrogen and oxygen atoms in total. The van der Waals surface area contributed by atoms with Gasteiger partial charge in [0.15, 0.2) is 6.20 Å². The van der Waals surface area contributed by atoms with Crippen molar-refractivity contribution in [2.24, 2.45) is 0 Å². The van der Waals surface area contributed by atoms with E-state index in [2.05, 4.69) is 6.92 Å². The van der Waals surface area contributed by atoms with E-state index in [-0.39, 0.29) is 0 Å². The van der Waals surface area contributed by atoms with Gasteiger partial charge in [-0.05, 0) is 12.5 Å². The molecule has 0 unspecified atom stereocenters. The first-order valence-corrected chi connectivity index (χ1v) is 5.64. The summed E-state index contributed by atoms with van der Waals surface area (Å²) in [6, 6.07) is 5.52. The van der Waals surface area contributed by atoms with Gasteiger partial charge in [0.05, 0.1) is 0 Å². The molecule has 0 saturated carbocycles. The van der Waals surface area contributed by atoms with Crippen LogP contribution >= 0.6 is 11.8 Å². The number of hydrogen-bond acceptors (Lipinski definition) is 2. The van der Waals surface area contributed by atoms with Crippen molar-refractivity contribution >= 4 is 11.8 Å². The van der Waals surface area contributed by atoms with E-state index < -0.39 is 0 Å². The van der Waals surface area contributed by atoms with Crippen molar-refractivity contribution in [2.75, 3.05) is 5.75 Å². The standard InChI is InChI=1S/C10H15NOS/c1-2-3-6-9-13-10-7-4-5-8-11(10)12/h4-5,7-8H,2-3,6,9H2,1H3. The molecule has 0 fully saturated rings. The Hall–Kier alpha value is -0.700. The highest BCUT2D eigenvalue weighted by Gasteiger charge is 2.02. The average molecular weight is 197 g/mol. The Morgan fingerprint density at radius 3 is 2.92 bits per heavy atom. The van der Waals surface area contributed by atoms with Gasteiger partial charge >= 0.3 is 0 Å². The second-order valence-corrected chi connectivity index (χ2v) is 4.04. The molecule has 0 amide bonds. The number of hydrogen-bond donors (Lipinski definition) is 0. The minimum absolute atomic E-state index is 0.804. The van der Waals surface area contributed by atoms with Crippen molar-refractivity contribution in [2.45, 2.75) is 31.2 Å². The molecule has 1 aromatic heterocycles. The molecule has 1 heterocycles. The molecule has 0 aromatic carbocycles. The van der Waals surface area contributed by atoms with E-state index in [0.29, 0.717) is 0 Å². The normalized spacial score (nSPS) is 10.2. The predicted octanol–water partition coefficient (Wildman–Crippen LogP) is 2.60. The molecule has 0 N–H and O–H groups in total. The molecule has 0 aliphatic rings. The lowest BCUT2D eigenvalue weighted by Gasteiger charge is -2.02. The van der Waals surface area contributed by atoms with Crippen molar-refractivity contribution in [3.63, 3.8) is 0 Å². The predicted molar refractivity (Wildman–Crippen MR) is 55.7 cm³/mol. The molecular formula is C10H15NOS. The molecule has 0 aliphatic heterocycles. The zero-order valence-corrected chi connectivity index (χ0v) is 8.72. The summed E-state index contributed by atoms with van der Waals surface area (Å²) in [7, 11) is 0. The molecule has 0 spiro atoms. The monoisotopic (exact) mass is 197 g/mol. The highest BCUT2D eigenvalue weighted by molar-refractivity contribution is 7.99. The molecule has 13 heavy (non-hydrogen) atoms. The maximum atomic E-state index is 11.2. The van der Waals surface area contributed by atoms with Crippen LogP contribution in [0.3, 0.4) is 0 Å². The Balaban J connectivity index is 2.32. The molecule has 0 atom stereocenters. The minimum Gasteiger partial charge on any atom is -0.618 e. The van der Waals surface area contributed by atoms with Gasteiger partial charge in [-0.2, -0.15) is 4.73 Å². The third-order valence-electron chi connectivity index (χ3n) is 1.79. The minimum atomic E-state index is 0.804. The van der Waals surface area contributed by atoms with Crippen LogP contribution in [0.4, 0.5) is 0 Å². The highest BCUT2D eigenvalue weighted by atomic mass is 32.2. The van der Waals surface area contributed by atoms with Gasteiger partial charge in [-0.25, -0.2) is 0 Å². The van der Waals surface area contributed by atoms with Crippen molar-refractivity contribution in [1.82, 2.24) is 0 Å². The summed E-state index contributed by atoms with van der Waals surface area (Å²) >= 11 is 1.64. The van der Waals surface area contributed by atoms with Crippen LogP contribution in [-0.2, 0) is 0 Å². The van der Waals surface area contributed by atoms with Crippen LogP contribution in [-0.4, -0.2) is 5.75 Å². The Kier molecular flexibility index (Phi) is 4.68. The Bertz CT molecular complexity index is 252. The van der Waals surface area contributed by atoms with Crippen molar-refractivity contribution in [3.8, 4) is 0 Å². The van der Waals surface area contributed by atoms with E-state index >= 15 is 0 Å². The van der Waals surface area contributed by atoms with Gasteiger partial charge < -0.3 is 5.21 Å². The van der Waals surface area contributed by atoms with Crippen LogP contribution in [0.5, 0.6) is 0 Å². The van der Waals surface area contributed by atoms with Crippen LogP contribution in [0.15, 0.2) is 29.4 Å². The Labute approximate surface area is 83.6 Å². The molecule has 0 saturated heterocycles. The van der Waals surface area contributed by atoms with E-state index in [1.807, 2.05) is 12.1 Å². The maximum absolute atomic E-state index is 11.2. The van der Waals surface area contributed by atoms with Crippen molar-refractivity contribution in [1.29, 1.82) is 0 Å². The number of thioether (sulfide) groups is 1. The third-order valence-corrected chi connectivity index (χ3v) is 2.89. The first-order valence-electron chi connectivity index (χ1n) is 4.65. The number of unbranched alkanes of at least 4 members (excludes halogenated alkanes) is 2. The molecule has 72 valence electrons. The summed E-state index contributed by atoms with van der Waals surface area (Å²) < 4.78 is 0.927. The van der Waals surface area contributed by atoms with Crippen molar-refractivity contribution in [3.05, 3.63) is 29.6 Å². The van der Waals surface area contributed by atoms with E-state index in [9.17, 15) is 5.21 Å². The SMILES string of the molecule is CCCCCSc1cccc[n+]1[O-]. The van der Waals surface area contributed by atoms with Crippen LogP contribution in [0.25, 0.3) is 0 Å². The largest absolute Gasteiger partial charge is 0.618 e. The van der Waals surface area contributed by atoms with Gasteiger partial charge in [-0.3, -0.25) is 0 Å². The number of nitrogens with zero attached hydrogens (tertiary/aromatic N) is 1. The van der Waals surface area contributed by atoms with Gasteiger partial charge in [0.1, 0.15) is 0 Å². The first-order chi connectivity index (χ1) is 6.34. The molecule has 0 bridgehead atoms. The summed E-state index contributed by atoms with van der Waals surface area (Å²) in [6.45, 7) is 2.18. The second-order valence-electron chi connectivity index (χ2n) is 2.92. The van der Waals surface area contributed by atoms with Crippen LogP contribution in [0.2, 0.25) is 0 Å². The average Bonchev–Trinajstić information content (AvgIpc) is 2.15. The van der Waals surface area contributed by atoms with Crippen molar-refractivity contribution < 1.29 is 4.73 Å². The molecule has 1 rings (SSSR count). The van der Waals surface area contributed by atoms with Gasteiger partial charge in [-0.15, -0.1) is 0 Å². The van der Waals surface area contributed by atoms with Gasteiger partial charge in [0.25, 0.3) is 5.03 Å². The zero-order chi connectivity index (χ0) is 9.52. The summed E-state index contributed by atoms with van der Waals surface area (Å²) in [5.74, 6) is 1.04. The van der Waals surface area contributed by atoms with Crippen LogP contribution < -0.4 is 4.73 Å². The van der Waals surface area contributed by atoms with Gasteiger partial charge in [0.2, 0.25) is 0 Å². The lowest BCUT2D eigenvalue weighted by atomic mass is 10.3. The number of aromatic nitrogens is 1. The first kappa shape index (κ1) is 10.4. The second kappa shape index (κ2) is 5.86. The molecule has 1 aromatic rings. The molecule has 0 radical (unpaired) electrons. The molecular weight excluding hydrogens is 182 g/mol. The Morgan fingerprint density at radius 2 is 2.23 bits per heavy atom. The molecule has 0 aliphatic carbocycles. The van der Waals surface area contributed by atoms with Crippen LogP contribution in [0, 0.1) is 5.21 Å². The summed E-state index contributed by atoms with van der Waals surface area (Å²) in [4.78, 5) is 0. The third kappa shape index (κ3) is 3.68. The fourth-order valence-electron chi connectivity index (χ4n) is 1.05.